The lowest BCUT2D eigenvalue weighted by Gasteiger charge is -2.28. The fourth-order valence-electron chi connectivity index (χ4n) is 2.64. The Morgan fingerprint density at radius 3 is 2.70 bits per heavy atom. The molecule has 0 amide bonds. The van der Waals surface area contributed by atoms with E-state index in [4.69, 9.17) is 0 Å². The van der Waals surface area contributed by atoms with Gasteiger partial charge in [0.1, 0.15) is 21.5 Å². The molecule has 20 heavy (non-hydrogen) atoms. The molecule has 6 heteroatoms. The Morgan fingerprint density at radius 1 is 1.30 bits per heavy atom. The zero-order valence-electron chi connectivity index (χ0n) is 11.4. The molecule has 0 spiro atoms. The van der Waals surface area contributed by atoms with Crippen molar-refractivity contribution in [3.63, 3.8) is 0 Å². The van der Waals surface area contributed by atoms with Crippen molar-refractivity contribution in [2.24, 2.45) is 0 Å². The maximum absolute atomic E-state index is 13.5. The van der Waals surface area contributed by atoms with Crippen molar-refractivity contribution in [3.05, 3.63) is 35.4 Å². The number of nitrogens with one attached hydrogen (secondary N) is 1. The van der Waals surface area contributed by atoms with Gasteiger partial charge in [0.15, 0.2) is 0 Å². The largest absolute Gasteiger partial charge is 0.310 e. The average Bonchev–Trinajstić information content (AvgIpc) is 2.37. The number of rotatable bonds is 4. The Labute approximate surface area is 118 Å². The molecular formula is C14H19F2NO2S. The standard InChI is InChI=1S/C14H19F2NO2S/c1-20(18,19)13-4-2-3-12(8-13)17-9-10-5-6-11(15)7-14(10)16/h5-7,12-13,17H,2-4,8-9H2,1H3. The molecule has 1 aromatic rings. The minimum absolute atomic E-state index is 0.0629. The summed E-state index contributed by atoms with van der Waals surface area (Å²) in [6.45, 7) is 0.285. The van der Waals surface area contributed by atoms with Gasteiger partial charge in [0.25, 0.3) is 0 Å². The molecule has 0 heterocycles. The van der Waals surface area contributed by atoms with Crippen LogP contribution in [0.1, 0.15) is 31.2 Å². The van der Waals surface area contributed by atoms with Crippen molar-refractivity contribution in [1.82, 2.24) is 5.32 Å². The van der Waals surface area contributed by atoms with E-state index in [0.717, 1.165) is 18.9 Å². The monoisotopic (exact) mass is 303 g/mol. The van der Waals surface area contributed by atoms with Crippen LogP contribution in [0.15, 0.2) is 18.2 Å². The number of hydrogen-bond donors (Lipinski definition) is 1. The van der Waals surface area contributed by atoms with E-state index in [1.54, 1.807) is 0 Å². The van der Waals surface area contributed by atoms with E-state index in [1.165, 1.54) is 18.4 Å². The van der Waals surface area contributed by atoms with E-state index in [-0.39, 0.29) is 17.8 Å². The molecule has 1 aromatic carbocycles. The fourth-order valence-corrected chi connectivity index (χ4v) is 3.82. The molecule has 2 unspecified atom stereocenters. The molecule has 2 atom stereocenters. The van der Waals surface area contributed by atoms with Gasteiger partial charge in [-0.3, -0.25) is 0 Å². The highest BCUT2D eigenvalue weighted by molar-refractivity contribution is 7.91. The molecular weight excluding hydrogens is 284 g/mol. The third-order valence-corrected chi connectivity index (χ3v) is 5.47. The molecule has 1 saturated carbocycles. The molecule has 1 aliphatic carbocycles. The second kappa shape index (κ2) is 6.18. The van der Waals surface area contributed by atoms with Crippen LogP contribution in [0.25, 0.3) is 0 Å². The van der Waals surface area contributed by atoms with Crippen LogP contribution in [0.2, 0.25) is 0 Å². The molecule has 0 aliphatic heterocycles. The Kier molecular flexibility index (Phi) is 4.75. The summed E-state index contributed by atoms with van der Waals surface area (Å²) in [5.74, 6) is -1.17. The van der Waals surface area contributed by atoms with Crippen LogP contribution in [-0.2, 0) is 16.4 Å². The maximum atomic E-state index is 13.5. The smallest absolute Gasteiger partial charge is 0.150 e. The zero-order chi connectivity index (χ0) is 14.8. The van der Waals surface area contributed by atoms with Gasteiger partial charge in [-0.25, -0.2) is 17.2 Å². The SMILES string of the molecule is CS(=O)(=O)C1CCCC(NCc2ccc(F)cc2F)C1. The molecule has 0 aromatic heterocycles. The summed E-state index contributed by atoms with van der Waals surface area (Å²) in [7, 11) is -3.02. The lowest BCUT2D eigenvalue weighted by molar-refractivity contribution is 0.368. The van der Waals surface area contributed by atoms with E-state index < -0.39 is 21.5 Å². The molecule has 0 radical (unpaired) electrons. The van der Waals surface area contributed by atoms with Crippen molar-refractivity contribution >= 4 is 9.84 Å². The predicted molar refractivity (Wildman–Crippen MR) is 74.1 cm³/mol. The molecule has 1 N–H and O–H groups in total. The molecule has 1 aliphatic rings. The Hall–Kier alpha value is -1.01. The fraction of sp³-hybridized carbons (Fsp3) is 0.571. The Balaban J connectivity index is 1.94. The van der Waals surface area contributed by atoms with Gasteiger partial charge in [-0.1, -0.05) is 12.5 Å². The highest BCUT2D eigenvalue weighted by Gasteiger charge is 2.28. The van der Waals surface area contributed by atoms with Crippen molar-refractivity contribution in [2.45, 2.75) is 43.5 Å². The van der Waals surface area contributed by atoms with Gasteiger partial charge < -0.3 is 5.32 Å². The number of halogens is 2. The first kappa shape index (κ1) is 15.4. The maximum Gasteiger partial charge on any atom is 0.150 e. The van der Waals surface area contributed by atoms with Crippen molar-refractivity contribution in [2.75, 3.05) is 6.26 Å². The molecule has 1 fully saturated rings. The quantitative estimate of drug-likeness (QED) is 0.929. The third-order valence-electron chi connectivity index (χ3n) is 3.83. The van der Waals surface area contributed by atoms with Gasteiger partial charge in [-0.15, -0.1) is 0 Å². The topological polar surface area (TPSA) is 46.2 Å². The molecule has 3 nitrogen and oxygen atoms in total. The van der Waals surface area contributed by atoms with E-state index >= 15 is 0 Å². The summed E-state index contributed by atoms with van der Waals surface area (Å²) in [6, 6.07) is 3.55. The highest BCUT2D eigenvalue weighted by atomic mass is 32.2. The molecule has 0 saturated heterocycles. The number of benzene rings is 1. The van der Waals surface area contributed by atoms with Crippen molar-refractivity contribution < 1.29 is 17.2 Å². The van der Waals surface area contributed by atoms with Crippen molar-refractivity contribution in [3.8, 4) is 0 Å². The lowest BCUT2D eigenvalue weighted by atomic mass is 9.95. The van der Waals surface area contributed by atoms with Gasteiger partial charge in [-0.2, -0.15) is 0 Å². The van der Waals surface area contributed by atoms with E-state index in [2.05, 4.69) is 5.32 Å². The summed E-state index contributed by atoms with van der Waals surface area (Å²) in [5, 5.41) is 2.86. The minimum Gasteiger partial charge on any atom is -0.310 e. The summed E-state index contributed by atoms with van der Waals surface area (Å²) in [4.78, 5) is 0. The summed E-state index contributed by atoms with van der Waals surface area (Å²) in [5.41, 5.74) is 0.396. The first-order valence-electron chi connectivity index (χ1n) is 6.72. The number of sulfone groups is 1. The summed E-state index contributed by atoms with van der Waals surface area (Å²) < 4.78 is 49.4. The van der Waals surface area contributed by atoms with Crippen molar-refractivity contribution in [1.29, 1.82) is 0 Å². The normalized spacial score (nSPS) is 23.8. The average molecular weight is 303 g/mol. The van der Waals surface area contributed by atoms with Crippen LogP contribution in [-0.4, -0.2) is 26.0 Å². The first-order valence-corrected chi connectivity index (χ1v) is 8.68. The van der Waals surface area contributed by atoms with Gasteiger partial charge in [0.05, 0.1) is 5.25 Å². The molecule has 0 bridgehead atoms. The second-order valence-corrected chi connectivity index (χ2v) is 7.76. The Morgan fingerprint density at radius 2 is 2.05 bits per heavy atom. The van der Waals surface area contributed by atoms with Crippen LogP contribution in [0.5, 0.6) is 0 Å². The second-order valence-electron chi connectivity index (χ2n) is 5.43. The number of hydrogen-bond acceptors (Lipinski definition) is 3. The molecule has 112 valence electrons. The van der Waals surface area contributed by atoms with Crippen LogP contribution in [0.3, 0.4) is 0 Å². The van der Waals surface area contributed by atoms with Gasteiger partial charge >= 0.3 is 0 Å². The van der Waals surface area contributed by atoms with Crippen LogP contribution < -0.4 is 5.32 Å². The van der Waals surface area contributed by atoms with Crippen LogP contribution >= 0.6 is 0 Å². The zero-order valence-corrected chi connectivity index (χ0v) is 12.2. The van der Waals surface area contributed by atoms with E-state index in [1.807, 2.05) is 0 Å². The Bertz CT molecular complexity index is 575. The first-order chi connectivity index (χ1) is 9.36. The predicted octanol–water partition coefficient (Wildman–Crippen LogP) is 2.41. The van der Waals surface area contributed by atoms with E-state index in [0.29, 0.717) is 18.4 Å². The lowest BCUT2D eigenvalue weighted by Crippen LogP contribution is -2.38. The highest BCUT2D eigenvalue weighted by Crippen LogP contribution is 2.24. The third kappa shape index (κ3) is 3.99. The molecule has 2 rings (SSSR count). The minimum atomic E-state index is -3.02. The van der Waals surface area contributed by atoms with Crippen LogP contribution in [0, 0.1) is 11.6 Å². The summed E-state index contributed by atoms with van der Waals surface area (Å²) in [6.07, 6.45) is 4.25. The van der Waals surface area contributed by atoms with E-state index in [9.17, 15) is 17.2 Å². The van der Waals surface area contributed by atoms with Gasteiger partial charge in [-0.05, 0) is 25.3 Å². The van der Waals surface area contributed by atoms with Crippen LogP contribution in [0.4, 0.5) is 8.78 Å². The van der Waals surface area contributed by atoms with Gasteiger partial charge in [0.2, 0.25) is 0 Å². The summed E-state index contributed by atoms with van der Waals surface area (Å²) >= 11 is 0. The van der Waals surface area contributed by atoms with Gasteiger partial charge in [0, 0.05) is 30.5 Å².